The molecule has 0 N–H and O–H groups in total. The highest BCUT2D eigenvalue weighted by Gasteiger charge is 2.05. The van der Waals surface area contributed by atoms with E-state index in [0.29, 0.717) is 5.82 Å². The van der Waals surface area contributed by atoms with Crippen LogP contribution in [0.15, 0.2) is 35.2 Å². The zero-order valence-corrected chi connectivity index (χ0v) is 8.55. The minimum absolute atomic E-state index is 0.101. The van der Waals surface area contributed by atoms with Gasteiger partial charge in [-0.25, -0.2) is 0 Å². The molecule has 1 unspecified atom stereocenters. The maximum absolute atomic E-state index is 5.91. The third kappa shape index (κ3) is 2.09. The zero-order valence-electron chi connectivity index (χ0n) is 8.55. The number of aromatic nitrogens is 2. The van der Waals surface area contributed by atoms with E-state index in [1.54, 1.807) is 0 Å². The second kappa shape index (κ2) is 4.30. The Bertz CT molecular complexity index is 411. The summed E-state index contributed by atoms with van der Waals surface area (Å²) in [4.78, 5) is 3.97. The Balaban J connectivity index is 2.25. The molecule has 2 rings (SSSR count). The summed E-state index contributed by atoms with van der Waals surface area (Å²) >= 11 is 0. The Morgan fingerprint density at radius 2 is 2.07 bits per heavy atom. The molecule has 0 aliphatic carbocycles. The molecule has 0 fully saturated rings. The maximum Gasteiger partial charge on any atom is 0.214 e. The molecule has 4 heteroatoms. The Morgan fingerprint density at radius 3 is 2.60 bits per heavy atom. The molecular formula is C11H11BN2O. The van der Waals surface area contributed by atoms with E-state index >= 15 is 0 Å². The first-order chi connectivity index (χ1) is 7.31. The van der Waals surface area contributed by atoms with Gasteiger partial charge in [0.1, 0.15) is 0 Å². The van der Waals surface area contributed by atoms with Crippen LogP contribution >= 0.6 is 0 Å². The van der Waals surface area contributed by atoms with Crippen LogP contribution in [0.5, 0.6) is 0 Å². The van der Waals surface area contributed by atoms with E-state index in [-0.39, 0.29) is 5.82 Å². The van der Waals surface area contributed by atoms with Crippen LogP contribution in [0.2, 0.25) is 0 Å². The first kappa shape index (κ1) is 9.96. The average molecular weight is 198 g/mol. The van der Waals surface area contributed by atoms with Gasteiger partial charge in [-0.2, -0.15) is 4.98 Å². The van der Waals surface area contributed by atoms with E-state index in [9.17, 15) is 0 Å². The molecule has 0 amide bonds. The molecule has 0 saturated carbocycles. The molecule has 2 aromatic rings. The van der Waals surface area contributed by atoms with Crippen molar-refractivity contribution in [3.05, 3.63) is 36.2 Å². The maximum atomic E-state index is 5.91. The molecule has 0 spiro atoms. The second-order valence-electron chi connectivity index (χ2n) is 3.39. The summed E-state index contributed by atoms with van der Waals surface area (Å²) in [5, 5.41) is 3.76. The van der Waals surface area contributed by atoms with Crippen LogP contribution < -0.4 is 0 Å². The van der Waals surface area contributed by atoms with Gasteiger partial charge < -0.3 is 4.52 Å². The summed E-state index contributed by atoms with van der Waals surface area (Å²) in [5.74, 6) is 0.705. The van der Waals surface area contributed by atoms with Crippen molar-refractivity contribution in [3.8, 4) is 11.4 Å². The van der Waals surface area contributed by atoms with Crippen molar-refractivity contribution < 1.29 is 4.52 Å². The lowest BCUT2D eigenvalue weighted by atomic mass is 9.79. The highest BCUT2D eigenvalue weighted by molar-refractivity contribution is 6.12. The van der Waals surface area contributed by atoms with E-state index in [4.69, 9.17) is 7.85 Å². The van der Waals surface area contributed by atoms with E-state index in [2.05, 4.69) is 21.6 Å². The van der Waals surface area contributed by atoms with Crippen molar-refractivity contribution in [3.63, 3.8) is 0 Å². The lowest BCUT2D eigenvalue weighted by Gasteiger charge is -2.08. The molecule has 2 radical (unpaired) electrons. The molecule has 0 aliphatic heterocycles. The van der Waals surface area contributed by atoms with Crippen molar-refractivity contribution in [2.45, 2.75) is 19.2 Å². The Labute approximate surface area is 89.9 Å². The van der Waals surface area contributed by atoms with Crippen molar-refractivity contribution in [1.82, 2.24) is 10.1 Å². The molecule has 1 heterocycles. The number of hydrogen-bond acceptors (Lipinski definition) is 3. The molecule has 1 aromatic carbocycles. The summed E-state index contributed by atoms with van der Waals surface area (Å²) < 4.78 is 4.68. The second-order valence-corrected chi connectivity index (χ2v) is 3.39. The number of rotatable bonds is 3. The van der Waals surface area contributed by atoms with Crippen LogP contribution in [0.1, 0.15) is 24.7 Å². The Morgan fingerprint density at radius 1 is 1.33 bits per heavy atom. The van der Waals surface area contributed by atoms with Gasteiger partial charge in [0.05, 0.1) is 7.85 Å². The normalized spacial score (nSPS) is 12.6. The number of benzene rings is 1. The molecule has 0 bridgehead atoms. The summed E-state index contributed by atoms with van der Waals surface area (Å²) in [7, 11) is 5.91. The predicted octanol–water partition coefficient (Wildman–Crippen LogP) is 2.36. The van der Waals surface area contributed by atoms with Gasteiger partial charge in [-0.1, -0.05) is 54.1 Å². The molecule has 3 nitrogen and oxygen atoms in total. The van der Waals surface area contributed by atoms with Gasteiger partial charge in [-0.3, -0.25) is 0 Å². The molecule has 15 heavy (non-hydrogen) atoms. The highest BCUT2D eigenvalue weighted by Crippen LogP contribution is 2.20. The van der Waals surface area contributed by atoms with Crippen LogP contribution in [0, 0.1) is 0 Å². The molecular weight excluding hydrogens is 187 g/mol. The van der Waals surface area contributed by atoms with E-state index in [0.717, 1.165) is 17.5 Å². The molecule has 1 atom stereocenters. The number of nitrogens with zero attached hydrogens (tertiary/aromatic N) is 2. The van der Waals surface area contributed by atoms with E-state index < -0.39 is 0 Å². The highest BCUT2D eigenvalue weighted by atomic mass is 16.5. The van der Waals surface area contributed by atoms with Crippen LogP contribution in [0.25, 0.3) is 11.4 Å². The molecule has 0 aliphatic rings. The molecule has 74 valence electrons. The van der Waals surface area contributed by atoms with Gasteiger partial charge in [0.2, 0.25) is 12.2 Å². The Kier molecular flexibility index (Phi) is 2.85. The van der Waals surface area contributed by atoms with Crippen molar-refractivity contribution in [2.75, 3.05) is 0 Å². The SMILES string of the molecule is [B]C(CC)c1ccc(-c2ncon2)cc1. The van der Waals surface area contributed by atoms with E-state index in [1.807, 2.05) is 24.3 Å². The standard InChI is InChI=1S/C11H11BN2O/c1-2-10(12)8-3-5-9(6-4-8)11-13-7-15-14-11/h3-7,10H,2H2,1H3. The van der Waals surface area contributed by atoms with Crippen molar-refractivity contribution in [1.29, 1.82) is 0 Å². The molecule has 0 saturated heterocycles. The van der Waals surface area contributed by atoms with Gasteiger partial charge in [0.25, 0.3) is 0 Å². The van der Waals surface area contributed by atoms with Crippen molar-refractivity contribution in [2.24, 2.45) is 0 Å². The quantitative estimate of drug-likeness (QED) is 0.710. The summed E-state index contributed by atoms with van der Waals surface area (Å²) in [5.41, 5.74) is 2.07. The summed E-state index contributed by atoms with van der Waals surface area (Å²) in [6, 6.07) is 7.91. The third-order valence-corrected chi connectivity index (χ3v) is 2.40. The topological polar surface area (TPSA) is 38.9 Å². The first-order valence-corrected chi connectivity index (χ1v) is 4.93. The van der Waals surface area contributed by atoms with Gasteiger partial charge in [0.15, 0.2) is 0 Å². The average Bonchev–Trinajstić information content (AvgIpc) is 2.82. The Hall–Kier alpha value is -1.58. The minimum atomic E-state index is 0.101. The van der Waals surface area contributed by atoms with Crippen LogP contribution in [0.4, 0.5) is 0 Å². The lowest BCUT2D eigenvalue weighted by molar-refractivity contribution is 0.419. The molecule has 1 aromatic heterocycles. The number of hydrogen-bond donors (Lipinski definition) is 0. The van der Waals surface area contributed by atoms with Gasteiger partial charge in [0, 0.05) is 5.56 Å². The fraction of sp³-hybridized carbons (Fsp3) is 0.273. The van der Waals surface area contributed by atoms with Crippen molar-refractivity contribution >= 4 is 7.85 Å². The smallest absolute Gasteiger partial charge is 0.214 e. The fourth-order valence-electron chi connectivity index (χ4n) is 1.41. The minimum Gasteiger partial charge on any atom is -0.342 e. The van der Waals surface area contributed by atoms with Gasteiger partial charge in [-0.15, -0.1) is 0 Å². The summed E-state index contributed by atoms with van der Waals surface area (Å²) in [6.07, 6.45) is 2.25. The lowest BCUT2D eigenvalue weighted by Crippen LogP contribution is -1.95. The fourth-order valence-corrected chi connectivity index (χ4v) is 1.41. The monoisotopic (exact) mass is 198 g/mol. The van der Waals surface area contributed by atoms with Crippen LogP contribution in [-0.2, 0) is 0 Å². The predicted molar refractivity (Wildman–Crippen MR) is 58.5 cm³/mol. The zero-order chi connectivity index (χ0) is 10.7. The first-order valence-electron chi connectivity index (χ1n) is 4.93. The van der Waals surface area contributed by atoms with Gasteiger partial charge in [-0.05, 0) is 0 Å². The van der Waals surface area contributed by atoms with Gasteiger partial charge >= 0.3 is 0 Å². The largest absolute Gasteiger partial charge is 0.342 e. The third-order valence-electron chi connectivity index (χ3n) is 2.40. The van der Waals surface area contributed by atoms with Crippen LogP contribution in [0.3, 0.4) is 0 Å². The van der Waals surface area contributed by atoms with Crippen LogP contribution in [-0.4, -0.2) is 18.0 Å². The van der Waals surface area contributed by atoms with E-state index in [1.165, 1.54) is 6.39 Å². The summed E-state index contributed by atoms with van der Waals surface area (Å²) in [6.45, 7) is 2.07.